The molecule has 0 fully saturated rings. The van der Waals surface area contributed by atoms with Gasteiger partial charge in [0.1, 0.15) is 4.34 Å². The van der Waals surface area contributed by atoms with Gasteiger partial charge in [-0.25, -0.2) is 0 Å². The molecule has 0 aliphatic rings. The van der Waals surface area contributed by atoms with Crippen molar-refractivity contribution in [3.05, 3.63) is 86.0 Å². The van der Waals surface area contributed by atoms with Gasteiger partial charge in [0.15, 0.2) is 0 Å². The van der Waals surface area contributed by atoms with E-state index in [1.54, 1.807) is 24.3 Å². The summed E-state index contributed by atoms with van der Waals surface area (Å²) in [5.41, 5.74) is 2.44. The van der Waals surface area contributed by atoms with Crippen LogP contribution >= 0.6 is 34.5 Å². The first-order valence-electron chi connectivity index (χ1n) is 8.16. The van der Waals surface area contributed by atoms with Crippen LogP contribution in [0.1, 0.15) is 39.2 Å². The average Bonchev–Trinajstić information content (AvgIpc) is 3.01. The van der Waals surface area contributed by atoms with Gasteiger partial charge in [-0.1, -0.05) is 53.5 Å². The monoisotopic (exact) mass is 418 g/mol. The summed E-state index contributed by atoms with van der Waals surface area (Å²) in [6, 6.07) is 17.6. The van der Waals surface area contributed by atoms with Gasteiger partial charge in [-0.15, -0.1) is 11.3 Å². The predicted octanol–water partition coefficient (Wildman–Crippen LogP) is 5.80. The van der Waals surface area contributed by atoms with Crippen LogP contribution in [0.4, 0.5) is 5.69 Å². The van der Waals surface area contributed by atoms with Crippen molar-refractivity contribution in [1.82, 2.24) is 5.32 Å². The molecule has 2 aromatic carbocycles. The molecule has 1 aromatic heterocycles. The zero-order valence-electron chi connectivity index (χ0n) is 14.3. The molecule has 1 heterocycles. The summed E-state index contributed by atoms with van der Waals surface area (Å²) in [5, 5.41) is 5.75. The SMILES string of the molecule is CC(NC(=O)c1cc(Cl)sc1Cl)c1cccc(NC(=O)c2ccccc2)c1. The Morgan fingerprint density at radius 3 is 2.37 bits per heavy atom. The second-order valence-corrected chi connectivity index (χ2v) is 8.16. The first kappa shape index (κ1) is 19.4. The summed E-state index contributed by atoms with van der Waals surface area (Å²) in [4.78, 5) is 24.7. The van der Waals surface area contributed by atoms with E-state index in [1.165, 1.54) is 0 Å². The molecule has 1 atom stereocenters. The highest BCUT2D eigenvalue weighted by molar-refractivity contribution is 7.20. The van der Waals surface area contributed by atoms with Crippen LogP contribution in [0.15, 0.2) is 60.7 Å². The van der Waals surface area contributed by atoms with Crippen LogP contribution in [-0.2, 0) is 0 Å². The maximum absolute atomic E-state index is 12.4. The van der Waals surface area contributed by atoms with Crippen LogP contribution in [-0.4, -0.2) is 11.8 Å². The molecule has 2 amide bonds. The normalized spacial score (nSPS) is 11.7. The highest BCUT2D eigenvalue weighted by atomic mass is 35.5. The molecule has 0 saturated carbocycles. The van der Waals surface area contributed by atoms with Crippen LogP contribution < -0.4 is 10.6 Å². The molecule has 2 N–H and O–H groups in total. The molecule has 7 heteroatoms. The van der Waals surface area contributed by atoms with E-state index in [9.17, 15) is 9.59 Å². The number of hydrogen-bond donors (Lipinski definition) is 2. The lowest BCUT2D eigenvalue weighted by molar-refractivity contribution is 0.0939. The van der Waals surface area contributed by atoms with E-state index in [2.05, 4.69) is 10.6 Å². The molecule has 3 aromatic rings. The topological polar surface area (TPSA) is 58.2 Å². The number of rotatable bonds is 5. The molecule has 1 unspecified atom stereocenters. The lowest BCUT2D eigenvalue weighted by Crippen LogP contribution is -2.26. The summed E-state index contributed by atoms with van der Waals surface area (Å²) in [7, 11) is 0. The van der Waals surface area contributed by atoms with Gasteiger partial charge in [0, 0.05) is 11.3 Å². The minimum absolute atomic E-state index is 0.191. The minimum atomic E-state index is -0.297. The number of anilines is 1. The Bertz CT molecular complexity index is 973. The molecular formula is C20H16Cl2N2O2S. The van der Waals surface area contributed by atoms with Crippen molar-refractivity contribution >= 4 is 52.0 Å². The van der Waals surface area contributed by atoms with Gasteiger partial charge in [-0.2, -0.15) is 0 Å². The Morgan fingerprint density at radius 1 is 0.963 bits per heavy atom. The van der Waals surface area contributed by atoms with Gasteiger partial charge in [-0.05, 0) is 42.8 Å². The van der Waals surface area contributed by atoms with Crippen molar-refractivity contribution in [2.75, 3.05) is 5.32 Å². The van der Waals surface area contributed by atoms with E-state index < -0.39 is 0 Å². The Morgan fingerprint density at radius 2 is 1.70 bits per heavy atom. The standard InChI is InChI=1S/C20H16Cl2N2O2S/c1-12(23-20(26)16-11-17(21)27-18(16)22)14-8-5-9-15(10-14)24-19(25)13-6-3-2-4-7-13/h2-12H,1H3,(H,23,26)(H,24,25). The fraction of sp³-hybridized carbons (Fsp3) is 0.100. The number of amides is 2. The molecule has 3 rings (SSSR count). The predicted molar refractivity (Wildman–Crippen MR) is 111 cm³/mol. The second kappa shape index (κ2) is 8.57. The first-order chi connectivity index (χ1) is 12.9. The Labute approximate surface area is 171 Å². The molecule has 4 nitrogen and oxygen atoms in total. The van der Waals surface area contributed by atoms with Gasteiger partial charge in [0.05, 0.1) is 15.9 Å². The Balaban J connectivity index is 1.70. The molecule has 0 aliphatic carbocycles. The third-order valence-corrected chi connectivity index (χ3v) is 5.42. The average molecular weight is 419 g/mol. The van der Waals surface area contributed by atoms with Crippen molar-refractivity contribution in [3.8, 4) is 0 Å². The second-order valence-electron chi connectivity index (χ2n) is 5.88. The van der Waals surface area contributed by atoms with Gasteiger partial charge < -0.3 is 10.6 Å². The smallest absolute Gasteiger partial charge is 0.255 e. The summed E-state index contributed by atoms with van der Waals surface area (Å²) < 4.78 is 0.817. The van der Waals surface area contributed by atoms with Crippen LogP contribution in [0, 0.1) is 0 Å². The van der Waals surface area contributed by atoms with Gasteiger partial charge in [-0.3, -0.25) is 9.59 Å². The maximum atomic E-state index is 12.4. The molecule has 138 valence electrons. The minimum Gasteiger partial charge on any atom is -0.345 e. The summed E-state index contributed by atoms with van der Waals surface area (Å²) in [5.74, 6) is -0.487. The fourth-order valence-corrected chi connectivity index (χ4v) is 3.99. The van der Waals surface area contributed by atoms with Crippen molar-refractivity contribution in [3.63, 3.8) is 0 Å². The largest absolute Gasteiger partial charge is 0.345 e. The van der Waals surface area contributed by atoms with Gasteiger partial charge in [0.25, 0.3) is 11.8 Å². The number of halogens is 2. The fourth-order valence-electron chi connectivity index (χ4n) is 2.53. The van der Waals surface area contributed by atoms with Crippen molar-refractivity contribution in [1.29, 1.82) is 0 Å². The molecular weight excluding hydrogens is 403 g/mol. The third kappa shape index (κ3) is 4.89. The van der Waals surface area contributed by atoms with E-state index >= 15 is 0 Å². The number of carbonyl (C=O) groups is 2. The number of thiophene rings is 1. The molecule has 0 radical (unpaired) electrons. The first-order valence-corrected chi connectivity index (χ1v) is 9.73. The zero-order chi connectivity index (χ0) is 19.4. The van der Waals surface area contributed by atoms with Crippen LogP contribution in [0.25, 0.3) is 0 Å². The highest BCUT2D eigenvalue weighted by Gasteiger charge is 2.17. The van der Waals surface area contributed by atoms with Crippen LogP contribution in [0.5, 0.6) is 0 Å². The number of nitrogens with one attached hydrogen (secondary N) is 2. The summed E-state index contributed by atoms with van der Waals surface area (Å²) in [6.07, 6.45) is 0. The third-order valence-electron chi connectivity index (χ3n) is 3.93. The van der Waals surface area contributed by atoms with E-state index in [-0.39, 0.29) is 17.9 Å². The summed E-state index contributed by atoms with van der Waals surface area (Å²) >= 11 is 13.1. The highest BCUT2D eigenvalue weighted by Crippen LogP contribution is 2.31. The summed E-state index contributed by atoms with van der Waals surface area (Å²) in [6.45, 7) is 1.86. The Hall–Kier alpha value is -2.34. The number of carbonyl (C=O) groups excluding carboxylic acids is 2. The number of benzene rings is 2. The van der Waals surface area contributed by atoms with E-state index in [1.807, 2.05) is 43.3 Å². The molecule has 0 bridgehead atoms. The van der Waals surface area contributed by atoms with Gasteiger partial charge >= 0.3 is 0 Å². The lowest BCUT2D eigenvalue weighted by atomic mass is 10.1. The van der Waals surface area contributed by atoms with Crippen molar-refractivity contribution in [2.45, 2.75) is 13.0 Å². The van der Waals surface area contributed by atoms with Crippen LogP contribution in [0.2, 0.25) is 8.67 Å². The molecule has 27 heavy (non-hydrogen) atoms. The maximum Gasteiger partial charge on any atom is 0.255 e. The molecule has 0 saturated heterocycles. The molecule has 0 spiro atoms. The lowest BCUT2D eigenvalue weighted by Gasteiger charge is -2.15. The van der Waals surface area contributed by atoms with E-state index in [0.29, 0.717) is 25.5 Å². The molecule has 0 aliphatic heterocycles. The zero-order valence-corrected chi connectivity index (χ0v) is 16.7. The van der Waals surface area contributed by atoms with Crippen molar-refractivity contribution in [2.24, 2.45) is 0 Å². The Kier molecular flexibility index (Phi) is 6.16. The number of hydrogen-bond acceptors (Lipinski definition) is 3. The van der Waals surface area contributed by atoms with Crippen LogP contribution in [0.3, 0.4) is 0 Å². The van der Waals surface area contributed by atoms with Gasteiger partial charge in [0.2, 0.25) is 0 Å². The van der Waals surface area contributed by atoms with Crippen molar-refractivity contribution < 1.29 is 9.59 Å². The van der Waals surface area contributed by atoms with E-state index in [4.69, 9.17) is 23.2 Å². The van der Waals surface area contributed by atoms with E-state index in [0.717, 1.165) is 16.9 Å². The quantitative estimate of drug-likeness (QED) is 0.549.